The molecule has 0 N–H and O–H groups in total. The van der Waals surface area contributed by atoms with Crippen LogP contribution in [0.5, 0.6) is 0 Å². The summed E-state index contributed by atoms with van der Waals surface area (Å²) in [4.78, 5) is 1.69. The number of hydrogen-bond donors (Lipinski definition) is 0. The Morgan fingerprint density at radius 3 is 2.37 bits per heavy atom. The summed E-state index contributed by atoms with van der Waals surface area (Å²) < 4.78 is 16.8. The first kappa shape index (κ1) is 12.4. The van der Waals surface area contributed by atoms with Crippen LogP contribution in [0, 0.1) is 17.2 Å². The number of nitrogens with zero attached hydrogens (tertiary/aromatic N) is 2. The number of nitriles is 1. The van der Waals surface area contributed by atoms with Crippen LogP contribution in [-0.4, -0.2) is 60.6 Å². The van der Waals surface area contributed by atoms with E-state index in [0.29, 0.717) is 32.8 Å². The van der Waals surface area contributed by atoms with Crippen molar-refractivity contribution < 1.29 is 14.2 Å². The van der Waals surface area contributed by atoms with Crippen molar-refractivity contribution in [1.29, 1.82) is 5.26 Å². The third kappa shape index (κ3) is 1.39. The molecule has 104 valence electrons. The monoisotopic (exact) mass is 284 g/mol. The highest BCUT2D eigenvalue weighted by molar-refractivity contribution is 6.29. The molecular weight excluding hydrogens is 268 g/mol. The standard InChI is InChI=1S/C13H17ClN2O3/c14-12-8-11(18-5-6-19-11)7-10(12)13(12,9-15)16-1-3-17-4-2-16/h10H,1-8H2/t10-,12-,13+/m1/s1. The van der Waals surface area contributed by atoms with Crippen molar-refractivity contribution in [2.45, 2.75) is 29.0 Å². The maximum Gasteiger partial charge on any atom is 0.170 e. The van der Waals surface area contributed by atoms with Crippen LogP contribution in [-0.2, 0) is 14.2 Å². The predicted octanol–water partition coefficient (Wildman–Crippen LogP) is 0.725. The second-order valence-corrected chi connectivity index (χ2v) is 6.56. The lowest BCUT2D eigenvalue weighted by Crippen LogP contribution is -2.51. The Labute approximate surface area is 117 Å². The minimum atomic E-state index is -0.543. The van der Waals surface area contributed by atoms with Crippen LogP contribution in [0.25, 0.3) is 0 Å². The van der Waals surface area contributed by atoms with Gasteiger partial charge in [-0.25, -0.2) is 0 Å². The van der Waals surface area contributed by atoms with Gasteiger partial charge in [-0.1, -0.05) is 0 Å². The molecule has 0 unspecified atom stereocenters. The van der Waals surface area contributed by atoms with Crippen molar-refractivity contribution in [3.05, 3.63) is 0 Å². The molecule has 2 heterocycles. The average molecular weight is 285 g/mol. The summed E-state index contributed by atoms with van der Waals surface area (Å²) >= 11 is 6.80. The van der Waals surface area contributed by atoms with Crippen LogP contribution in [0.3, 0.4) is 0 Å². The van der Waals surface area contributed by atoms with E-state index in [1.807, 2.05) is 0 Å². The first-order valence-corrected chi connectivity index (χ1v) is 7.26. The Kier molecular flexibility index (Phi) is 2.50. The summed E-state index contributed by atoms with van der Waals surface area (Å²) in [6.45, 7) is 4.20. The zero-order valence-corrected chi connectivity index (χ0v) is 11.5. The second kappa shape index (κ2) is 3.84. The van der Waals surface area contributed by atoms with Gasteiger partial charge in [0.15, 0.2) is 5.79 Å². The van der Waals surface area contributed by atoms with Gasteiger partial charge in [-0.2, -0.15) is 5.26 Å². The number of morpholine rings is 1. The molecule has 0 radical (unpaired) electrons. The molecule has 2 aliphatic heterocycles. The smallest absolute Gasteiger partial charge is 0.170 e. The molecule has 2 saturated heterocycles. The third-order valence-electron chi connectivity index (χ3n) is 5.14. The van der Waals surface area contributed by atoms with E-state index in [0.717, 1.165) is 19.5 Å². The average Bonchev–Trinajstić information content (AvgIpc) is 2.80. The number of hydrogen-bond acceptors (Lipinski definition) is 5. The summed E-state index contributed by atoms with van der Waals surface area (Å²) in [6.07, 6.45) is 1.36. The molecule has 4 fully saturated rings. The third-order valence-corrected chi connectivity index (χ3v) is 5.83. The van der Waals surface area contributed by atoms with Crippen molar-refractivity contribution in [1.82, 2.24) is 4.90 Å². The van der Waals surface area contributed by atoms with Crippen molar-refractivity contribution in [2.75, 3.05) is 39.5 Å². The van der Waals surface area contributed by atoms with Crippen LogP contribution in [0.2, 0.25) is 0 Å². The van der Waals surface area contributed by atoms with E-state index in [-0.39, 0.29) is 5.92 Å². The molecule has 0 aromatic carbocycles. The molecule has 2 saturated carbocycles. The fraction of sp³-hybridized carbons (Fsp3) is 0.923. The van der Waals surface area contributed by atoms with E-state index in [2.05, 4.69) is 11.0 Å². The number of rotatable bonds is 1. The SMILES string of the molecule is N#C[C@]1(N2CCOCC2)[C@@H]2CC3(C[C@@]21Cl)OCCO3. The molecule has 0 aromatic rings. The van der Waals surface area contributed by atoms with Gasteiger partial charge in [0.2, 0.25) is 0 Å². The Morgan fingerprint density at radius 2 is 1.84 bits per heavy atom. The zero-order valence-electron chi connectivity index (χ0n) is 10.7. The van der Waals surface area contributed by atoms with Crippen LogP contribution >= 0.6 is 11.6 Å². The first-order chi connectivity index (χ1) is 9.17. The highest BCUT2D eigenvalue weighted by atomic mass is 35.5. The van der Waals surface area contributed by atoms with E-state index in [1.54, 1.807) is 0 Å². The van der Waals surface area contributed by atoms with E-state index in [9.17, 15) is 5.26 Å². The Bertz CT molecular complexity index is 442. The molecular formula is C13H17ClN2O3. The molecule has 0 aromatic heterocycles. The molecule has 6 heteroatoms. The molecule has 4 rings (SSSR count). The minimum absolute atomic E-state index is 0.142. The molecule has 5 nitrogen and oxygen atoms in total. The van der Waals surface area contributed by atoms with E-state index in [1.165, 1.54) is 0 Å². The molecule has 19 heavy (non-hydrogen) atoms. The van der Waals surface area contributed by atoms with E-state index >= 15 is 0 Å². The van der Waals surface area contributed by atoms with Gasteiger partial charge < -0.3 is 14.2 Å². The van der Waals surface area contributed by atoms with Gasteiger partial charge in [0, 0.05) is 31.8 Å². The topological polar surface area (TPSA) is 54.7 Å². The van der Waals surface area contributed by atoms with Gasteiger partial charge in [-0.3, -0.25) is 4.90 Å². The molecule has 4 aliphatic rings. The van der Waals surface area contributed by atoms with Crippen LogP contribution in [0.15, 0.2) is 0 Å². The Balaban J connectivity index is 1.59. The largest absolute Gasteiger partial charge is 0.379 e. The zero-order chi connectivity index (χ0) is 13.1. The Morgan fingerprint density at radius 1 is 1.16 bits per heavy atom. The fourth-order valence-corrected chi connectivity index (χ4v) is 4.94. The van der Waals surface area contributed by atoms with Crippen LogP contribution in [0.1, 0.15) is 12.8 Å². The highest BCUT2D eigenvalue weighted by Crippen LogP contribution is 2.73. The van der Waals surface area contributed by atoms with Crippen molar-refractivity contribution in [3.63, 3.8) is 0 Å². The molecule has 2 aliphatic carbocycles. The maximum absolute atomic E-state index is 9.71. The predicted molar refractivity (Wildman–Crippen MR) is 66.7 cm³/mol. The van der Waals surface area contributed by atoms with Gasteiger partial charge in [0.1, 0.15) is 5.54 Å². The van der Waals surface area contributed by atoms with Crippen molar-refractivity contribution in [2.24, 2.45) is 5.92 Å². The fourth-order valence-electron chi connectivity index (χ4n) is 4.26. The van der Waals surface area contributed by atoms with E-state index < -0.39 is 16.2 Å². The lowest BCUT2D eigenvalue weighted by atomic mass is 9.99. The molecule has 0 amide bonds. The summed E-state index contributed by atoms with van der Waals surface area (Å²) in [6, 6.07) is 2.50. The molecule has 1 spiro atoms. The maximum atomic E-state index is 9.71. The number of ether oxygens (including phenoxy) is 3. The van der Waals surface area contributed by atoms with Crippen molar-refractivity contribution >= 4 is 11.6 Å². The lowest BCUT2D eigenvalue weighted by molar-refractivity contribution is -0.163. The number of fused-ring (bicyclic) bond motifs is 1. The first-order valence-electron chi connectivity index (χ1n) is 6.88. The highest BCUT2D eigenvalue weighted by Gasteiger charge is 2.86. The number of halogens is 1. The quantitative estimate of drug-likeness (QED) is 0.664. The van der Waals surface area contributed by atoms with E-state index in [4.69, 9.17) is 25.8 Å². The second-order valence-electron chi connectivity index (χ2n) is 5.88. The molecule has 0 bridgehead atoms. The normalized spacial score (nSPS) is 48.1. The summed E-state index contributed by atoms with van der Waals surface area (Å²) in [7, 11) is 0. The number of alkyl halides is 1. The van der Waals surface area contributed by atoms with Gasteiger partial charge in [-0.05, 0) is 0 Å². The van der Waals surface area contributed by atoms with Gasteiger partial charge in [0.25, 0.3) is 0 Å². The molecule has 3 atom stereocenters. The Hall–Kier alpha value is -0.380. The minimum Gasteiger partial charge on any atom is -0.379 e. The van der Waals surface area contributed by atoms with Gasteiger partial charge in [-0.15, -0.1) is 11.6 Å². The summed E-state index contributed by atoms with van der Waals surface area (Å²) in [5.74, 6) is -0.373. The lowest BCUT2D eigenvalue weighted by Gasteiger charge is -2.37. The van der Waals surface area contributed by atoms with Gasteiger partial charge >= 0.3 is 0 Å². The summed E-state index contributed by atoms with van der Waals surface area (Å²) in [5, 5.41) is 9.71. The van der Waals surface area contributed by atoms with Crippen LogP contribution < -0.4 is 0 Å². The van der Waals surface area contributed by atoms with Gasteiger partial charge in [0.05, 0.1) is 37.4 Å². The van der Waals surface area contributed by atoms with Crippen LogP contribution in [0.4, 0.5) is 0 Å². The van der Waals surface area contributed by atoms with Crippen molar-refractivity contribution in [3.8, 4) is 6.07 Å². The summed E-state index contributed by atoms with van der Waals surface area (Å²) in [5.41, 5.74) is -0.543.